The topological polar surface area (TPSA) is 57.8 Å². The van der Waals surface area contributed by atoms with Gasteiger partial charge in [-0.15, -0.1) is 0 Å². The molecule has 0 bridgehead atoms. The highest BCUT2D eigenvalue weighted by Crippen LogP contribution is 1.94. The Bertz CT molecular complexity index is 305. The molecule has 66 valence electrons. The molecule has 0 spiro atoms. The molecule has 0 aliphatic carbocycles. The van der Waals surface area contributed by atoms with Crippen LogP contribution in [0.15, 0.2) is 10.9 Å². The molecule has 0 amide bonds. The van der Waals surface area contributed by atoms with E-state index < -0.39 is 0 Å². The molecule has 0 aliphatic rings. The quantitative estimate of drug-likeness (QED) is 0.703. The van der Waals surface area contributed by atoms with Crippen LogP contribution in [0.5, 0.6) is 0 Å². The van der Waals surface area contributed by atoms with Crippen molar-refractivity contribution in [2.24, 2.45) is 0 Å². The van der Waals surface area contributed by atoms with Crippen molar-refractivity contribution in [3.05, 3.63) is 22.1 Å². The predicted molar refractivity (Wildman–Crippen MR) is 48.4 cm³/mol. The largest absolute Gasteiger partial charge is 0.356 e. The third kappa shape index (κ3) is 2.38. The van der Waals surface area contributed by atoms with Gasteiger partial charge in [-0.3, -0.25) is 9.78 Å². The number of aryl methyl sites for hydroxylation is 1. The molecule has 0 fully saturated rings. The average Bonchev–Trinajstić information content (AvgIpc) is 1.99. The lowest BCUT2D eigenvalue weighted by molar-refractivity contribution is 0.939. The van der Waals surface area contributed by atoms with Gasteiger partial charge in [0.25, 0.3) is 5.56 Å². The summed E-state index contributed by atoms with van der Waals surface area (Å²) in [6, 6.07) is 1.47. The van der Waals surface area contributed by atoms with Crippen molar-refractivity contribution in [1.82, 2.24) is 9.97 Å². The maximum atomic E-state index is 10.9. The molecule has 12 heavy (non-hydrogen) atoms. The maximum Gasteiger partial charge on any atom is 0.252 e. The molecular formula is C8H13N3O. The molecular weight excluding hydrogens is 154 g/mol. The zero-order chi connectivity index (χ0) is 8.97. The minimum Gasteiger partial charge on any atom is -0.356 e. The molecule has 4 heteroatoms. The summed E-state index contributed by atoms with van der Waals surface area (Å²) < 4.78 is 0. The van der Waals surface area contributed by atoms with Gasteiger partial charge in [-0.25, -0.2) is 4.98 Å². The summed E-state index contributed by atoms with van der Waals surface area (Å²) in [5.41, 5.74) is 0.624. The molecule has 0 saturated heterocycles. The van der Waals surface area contributed by atoms with E-state index in [1.54, 1.807) is 6.92 Å². The first-order valence-electron chi connectivity index (χ1n) is 4.04. The summed E-state index contributed by atoms with van der Waals surface area (Å²) in [4.78, 5) is 17.6. The van der Waals surface area contributed by atoms with E-state index in [1.165, 1.54) is 6.07 Å². The van der Waals surface area contributed by atoms with Gasteiger partial charge in [0.2, 0.25) is 5.95 Å². The second-order valence-corrected chi connectivity index (χ2v) is 2.66. The molecule has 0 aromatic carbocycles. The van der Waals surface area contributed by atoms with E-state index in [2.05, 4.69) is 22.2 Å². The van der Waals surface area contributed by atoms with Crippen molar-refractivity contribution in [2.45, 2.75) is 20.3 Å². The second-order valence-electron chi connectivity index (χ2n) is 2.66. The molecule has 0 radical (unpaired) electrons. The van der Waals surface area contributed by atoms with Gasteiger partial charge in [0.1, 0.15) is 0 Å². The van der Waals surface area contributed by atoms with Crippen LogP contribution in [0.3, 0.4) is 0 Å². The number of hydrogen-bond donors (Lipinski definition) is 2. The zero-order valence-corrected chi connectivity index (χ0v) is 7.35. The summed E-state index contributed by atoms with van der Waals surface area (Å²) in [5, 5.41) is 3.01. The first-order valence-corrected chi connectivity index (χ1v) is 4.04. The fourth-order valence-corrected chi connectivity index (χ4v) is 0.906. The summed E-state index contributed by atoms with van der Waals surface area (Å²) in [5.74, 6) is 0.557. The first-order chi connectivity index (χ1) is 5.72. The van der Waals surface area contributed by atoms with E-state index in [-0.39, 0.29) is 5.56 Å². The minimum absolute atomic E-state index is 0.110. The summed E-state index contributed by atoms with van der Waals surface area (Å²) in [6.45, 7) is 4.68. The fraction of sp³-hybridized carbons (Fsp3) is 0.500. The highest BCUT2D eigenvalue weighted by Gasteiger charge is 1.94. The lowest BCUT2D eigenvalue weighted by atomic mass is 10.4. The van der Waals surface area contributed by atoms with Crippen LogP contribution < -0.4 is 10.9 Å². The third-order valence-electron chi connectivity index (χ3n) is 1.41. The van der Waals surface area contributed by atoms with Gasteiger partial charge in [-0.05, 0) is 13.3 Å². The van der Waals surface area contributed by atoms with Gasteiger partial charge in [0.05, 0.1) is 0 Å². The van der Waals surface area contributed by atoms with Crippen LogP contribution in [0.4, 0.5) is 5.95 Å². The van der Waals surface area contributed by atoms with E-state index in [9.17, 15) is 4.79 Å². The van der Waals surface area contributed by atoms with Crippen LogP contribution in [0.2, 0.25) is 0 Å². The van der Waals surface area contributed by atoms with Crippen molar-refractivity contribution in [3.63, 3.8) is 0 Å². The number of hydrogen-bond acceptors (Lipinski definition) is 3. The van der Waals surface area contributed by atoms with E-state index in [1.807, 2.05) is 0 Å². The van der Waals surface area contributed by atoms with Crippen molar-refractivity contribution < 1.29 is 0 Å². The van der Waals surface area contributed by atoms with E-state index in [0.29, 0.717) is 5.95 Å². The Hall–Kier alpha value is -1.32. The molecule has 1 aromatic heterocycles. The number of aromatic amines is 1. The van der Waals surface area contributed by atoms with E-state index in [4.69, 9.17) is 0 Å². The molecule has 1 aromatic rings. The number of rotatable bonds is 3. The zero-order valence-electron chi connectivity index (χ0n) is 7.35. The molecule has 1 heterocycles. The van der Waals surface area contributed by atoms with Crippen LogP contribution in [-0.2, 0) is 0 Å². The number of anilines is 1. The lowest BCUT2D eigenvalue weighted by Gasteiger charge is -2.02. The molecule has 0 unspecified atom stereocenters. The van der Waals surface area contributed by atoms with Crippen LogP contribution in [0.1, 0.15) is 19.0 Å². The number of aromatic nitrogens is 2. The highest BCUT2D eigenvalue weighted by atomic mass is 16.1. The Labute approximate surface area is 71.0 Å². The molecule has 2 N–H and O–H groups in total. The van der Waals surface area contributed by atoms with E-state index in [0.717, 1.165) is 18.7 Å². The smallest absolute Gasteiger partial charge is 0.252 e. The highest BCUT2D eigenvalue weighted by molar-refractivity contribution is 5.24. The lowest BCUT2D eigenvalue weighted by Crippen LogP contribution is -2.13. The fourth-order valence-electron chi connectivity index (χ4n) is 0.906. The monoisotopic (exact) mass is 167 g/mol. The number of nitrogens with one attached hydrogen (secondary N) is 2. The Morgan fingerprint density at radius 2 is 2.42 bits per heavy atom. The Balaban J connectivity index is 2.79. The van der Waals surface area contributed by atoms with Gasteiger partial charge in [-0.1, -0.05) is 6.92 Å². The van der Waals surface area contributed by atoms with Crippen LogP contribution in [-0.4, -0.2) is 16.5 Å². The van der Waals surface area contributed by atoms with Crippen molar-refractivity contribution in [2.75, 3.05) is 11.9 Å². The van der Waals surface area contributed by atoms with Gasteiger partial charge < -0.3 is 5.32 Å². The molecule has 1 rings (SSSR count). The molecule has 0 atom stereocenters. The second kappa shape index (κ2) is 3.90. The van der Waals surface area contributed by atoms with Gasteiger partial charge >= 0.3 is 0 Å². The Morgan fingerprint density at radius 3 is 3.00 bits per heavy atom. The number of H-pyrrole nitrogens is 1. The normalized spacial score (nSPS) is 9.83. The summed E-state index contributed by atoms with van der Waals surface area (Å²) >= 11 is 0. The summed E-state index contributed by atoms with van der Waals surface area (Å²) in [6.07, 6.45) is 1.01. The molecule has 0 saturated carbocycles. The van der Waals surface area contributed by atoms with Gasteiger partial charge in [-0.2, -0.15) is 0 Å². The molecule has 0 aliphatic heterocycles. The predicted octanol–water partition coefficient (Wildman–Crippen LogP) is 0.900. The first kappa shape index (κ1) is 8.77. The minimum atomic E-state index is -0.110. The van der Waals surface area contributed by atoms with Crippen molar-refractivity contribution in [3.8, 4) is 0 Å². The third-order valence-corrected chi connectivity index (χ3v) is 1.41. The van der Waals surface area contributed by atoms with Crippen LogP contribution in [0.25, 0.3) is 0 Å². The van der Waals surface area contributed by atoms with Crippen LogP contribution in [0, 0.1) is 6.92 Å². The standard InChI is InChI=1S/C8H13N3O/c1-3-4-9-8-10-6(2)5-7(12)11-8/h5H,3-4H2,1-2H3,(H2,9,10,11,12). The van der Waals surface area contributed by atoms with Crippen LogP contribution >= 0.6 is 0 Å². The Morgan fingerprint density at radius 1 is 1.67 bits per heavy atom. The maximum absolute atomic E-state index is 10.9. The van der Waals surface area contributed by atoms with Gasteiger partial charge in [0, 0.05) is 18.3 Å². The SMILES string of the molecule is CCCNc1nc(C)cc(=O)[nH]1. The average molecular weight is 167 g/mol. The number of nitrogens with zero attached hydrogens (tertiary/aromatic N) is 1. The Kier molecular flexibility index (Phi) is 2.85. The summed E-state index contributed by atoms with van der Waals surface area (Å²) in [7, 11) is 0. The van der Waals surface area contributed by atoms with E-state index >= 15 is 0 Å². The van der Waals surface area contributed by atoms with Crippen molar-refractivity contribution in [1.29, 1.82) is 0 Å². The van der Waals surface area contributed by atoms with Gasteiger partial charge in [0.15, 0.2) is 0 Å². The molecule has 4 nitrogen and oxygen atoms in total. The van der Waals surface area contributed by atoms with Crippen molar-refractivity contribution >= 4 is 5.95 Å².